The Morgan fingerprint density at radius 3 is 3.06 bits per heavy atom. The Hall–Kier alpha value is -1.76. The van der Waals surface area contributed by atoms with Crippen LogP contribution in [0.4, 0.5) is 0 Å². The highest BCUT2D eigenvalue weighted by Gasteiger charge is 2.28. The van der Waals surface area contributed by atoms with E-state index in [-0.39, 0.29) is 0 Å². The number of rotatable bonds is 0. The lowest BCUT2D eigenvalue weighted by Crippen LogP contribution is -2.45. The lowest BCUT2D eigenvalue weighted by atomic mass is 9.73. The van der Waals surface area contributed by atoms with Crippen molar-refractivity contribution in [2.24, 2.45) is 11.8 Å². The molecule has 1 N–H and O–H groups in total. The summed E-state index contributed by atoms with van der Waals surface area (Å²) < 4.78 is 0. The molecule has 4 rings (SSSR count). The van der Waals surface area contributed by atoms with E-state index in [0.29, 0.717) is 11.8 Å². The molecule has 0 bridgehead atoms. The van der Waals surface area contributed by atoms with Gasteiger partial charge in [-0.15, -0.1) is 0 Å². The van der Waals surface area contributed by atoms with Crippen LogP contribution in [0.25, 0.3) is 11.8 Å². The zero-order chi connectivity index (χ0) is 11.2. The van der Waals surface area contributed by atoms with Gasteiger partial charge in [-0.25, -0.2) is 0 Å². The fourth-order valence-corrected chi connectivity index (χ4v) is 3.42. The van der Waals surface area contributed by atoms with E-state index in [1.54, 1.807) is 5.57 Å². The molecular weight excluding hydrogens is 206 g/mol. The Labute approximate surface area is 101 Å². The summed E-state index contributed by atoms with van der Waals surface area (Å²) in [5, 5.41) is 6.30. The maximum Gasteiger partial charge on any atom is 0.0370 e. The van der Waals surface area contributed by atoms with Crippen LogP contribution < -0.4 is 15.8 Å². The smallest absolute Gasteiger partial charge is 0.0370 e. The average Bonchev–Trinajstić information content (AvgIpc) is 2.39. The normalized spacial score (nSPS) is 27.9. The number of fused-ring (bicyclic) bond motifs is 2. The first-order valence-corrected chi connectivity index (χ1v) is 6.33. The predicted molar refractivity (Wildman–Crippen MR) is 70.5 cm³/mol. The maximum absolute atomic E-state index is 3.42. The van der Waals surface area contributed by atoms with Crippen LogP contribution in [0.5, 0.6) is 0 Å². The largest absolute Gasteiger partial charge is 0.387 e. The quantitative estimate of drug-likeness (QED) is 0.691. The third kappa shape index (κ3) is 1.25. The molecular formula is C16H15N. The van der Waals surface area contributed by atoms with Crippen molar-refractivity contribution >= 4 is 11.8 Å². The second kappa shape index (κ2) is 3.36. The van der Waals surface area contributed by atoms with E-state index in [1.807, 2.05) is 0 Å². The summed E-state index contributed by atoms with van der Waals surface area (Å²) in [5.41, 5.74) is 3.10. The lowest BCUT2D eigenvalue weighted by molar-refractivity contribution is 0.531. The van der Waals surface area contributed by atoms with Crippen LogP contribution in [0, 0.1) is 11.8 Å². The summed E-state index contributed by atoms with van der Waals surface area (Å²) in [4.78, 5) is 0. The van der Waals surface area contributed by atoms with Crippen molar-refractivity contribution in [3.63, 3.8) is 0 Å². The Morgan fingerprint density at radius 1 is 1.12 bits per heavy atom. The van der Waals surface area contributed by atoms with Crippen molar-refractivity contribution in [1.82, 2.24) is 5.32 Å². The molecule has 1 heterocycles. The van der Waals surface area contributed by atoms with Crippen LogP contribution in [-0.4, -0.2) is 6.54 Å². The molecule has 1 aliphatic heterocycles. The summed E-state index contributed by atoms with van der Waals surface area (Å²) >= 11 is 0. The van der Waals surface area contributed by atoms with Gasteiger partial charge in [0.1, 0.15) is 0 Å². The van der Waals surface area contributed by atoms with Gasteiger partial charge in [0.05, 0.1) is 0 Å². The number of hydrogen-bond acceptors (Lipinski definition) is 1. The number of allylic oxidation sites excluding steroid dienone is 4. The van der Waals surface area contributed by atoms with E-state index in [4.69, 9.17) is 0 Å². The third-order valence-electron chi connectivity index (χ3n) is 4.16. The highest BCUT2D eigenvalue weighted by molar-refractivity contribution is 5.61. The molecule has 1 aromatic rings. The van der Waals surface area contributed by atoms with Gasteiger partial charge in [0.15, 0.2) is 0 Å². The molecule has 2 unspecified atom stereocenters. The van der Waals surface area contributed by atoms with Crippen molar-refractivity contribution in [2.75, 3.05) is 6.54 Å². The second-order valence-electron chi connectivity index (χ2n) is 5.10. The van der Waals surface area contributed by atoms with E-state index in [1.165, 1.54) is 22.4 Å². The van der Waals surface area contributed by atoms with Gasteiger partial charge in [-0.3, -0.25) is 0 Å². The van der Waals surface area contributed by atoms with Crippen molar-refractivity contribution in [1.29, 1.82) is 0 Å². The van der Waals surface area contributed by atoms with Crippen molar-refractivity contribution in [3.8, 4) is 0 Å². The van der Waals surface area contributed by atoms with Crippen molar-refractivity contribution < 1.29 is 0 Å². The summed E-state index contributed by atoms with van der Waals surface area (Å²) in [6.07, 6.45) is 12.5. The standard InChI is InChI=1S/C16H15N/c1-2-7-14-11(4-1)8-12-5-3-6-13-9-17-10-15(14)16(12)13/h1-7,9,11,14,17H,8,10H2. The minimum absolute atomic E-state index is 0.606. The lowest BCUT2D eigenvalue weighted by Gasteiger charge is -2.33. The van der Waals surface area contributed by atoms with Crippen LogP contribution in [0.2, 0.25) is 0 Å². The molecule has 0 saturated carbocycles. The van der Waals surface area contributed by atoms with Crippen LogP contribution in [-0.2, 0) is 6.42 Å². The van der Waals surface area contributed by atoms with Gasteiger partial charge in [0, 0.05) is 18.7 Å². The molecule has 1 nitrogen and oxygen atoms in total. The molecule has 0 amide bonds. The zero-order valence-electron chi connectivity index (χ0n) is 9.69. The number of nitrogens with one attached hydrogen (secondary N) is 1. The first-order chi connectivity index (χ1) is 8.43. The molecule has 0 fully saturated rings. The van der Waals surface area contributed by atoms with Crippen LogP contribution in [0.1, 0.15) is 5.56 Å². The van der Waals surface area contributed by atoms with Gasteiger partial charge in [-0.05, 0) is 33.9 Å². The van der Waals surface area contributed by atoms with Crippen LogP contribution in [0.15, 0.2) is 42.5 Å². The SMILES string of the molecule is C1=CC2Cc3cccc4c3=C(CNC=4)C2C=C1. The molecule has 3 aliphatic rings. The second-order valence-corrected chi connectivity index (χ2v) is 5.10. The Bertz CT molecular complexity index is 649. The van der Waals surface area contributed by atoms with E-state index in [9.17, 15) is 0 Å². The van der Waals surface area contributed by atoms with E-state index < -0.39 is 0 Å². The van der Waals surface area contributed by atoms with Gasteiger partial charge in [0.25, 0.3) is 0 Å². The molecule has 84 valence electrons. The van der Waals surface area contributed by atoms with Gasteiger partial charge >= 0.3 is 0 Å². The van der Waals surface area contributed by atoms with Gasteiger partial charge < -0.3 is 5.32 Å². The molecule has 0 aromatic heterocycles. The van der Waals surface area contributed by atoms with Crippen LogP contribution >= 0.6 is 0 Å². The highest BCUT2D eigenvalue weighted by Crippen LogP contribution is 2.32. The number of benzene rings is 1. The monoisotopic (exact) mass is 221 g/mol. The van der Waals surface area contributed by atoms with Crippen molar-refractivity contribution in [2.45, 2.75) is 6.42 Å². The minimum atomic E-state index is 0.606. The first-order valence-electron chi connectivity index (χ1n) is 6.33. The Morgan fingerprint density at radius 2 is 2.06 bits per heavy atom. The fourth-order valence-electron chi connectivity index (χ4n) is 3.42. The molecule has 17 heavy (non-hydrogen) atoms. The molecule has 2 aliphatic carbocycles. The van der Waals surface area contributed by atoms with Gasteiger partial charge in [0.2, 0.25) is 0 Å². The maximum atomic E-state index is 3.42. The highest BCUT2D eigenvalue weighted by atomic mass is 14.8. The van der Waals surface area contributed by atoms with E-state index in [0.717, 1.165) is 6.54 Å². The first kappa shape index (κ1) is 9.29. The molecule has 0 spiro atoms. The summed E-state index contributed by atoms with van der Waals surface area (Å²) in [7, 11) is 0. The summed E-state index contributed by atoms with van der Waals surface area (Å²) in [6, 6.07) is 6.69. The molecule has 1 heteroatoms. The van der Waals surface area contributed by atoms with Gasteiger partial charge in [-0.1, -0.05) is 42.5 Å². The molecule has 0 saturated heterocycles. The van der Waals surface area contributed by atoms with E-state index >= 15 is 0 Å². The zero-order valence-corrected chi connectivity index (χ0v) is 9.69. The molecule has 1 aromatic carbocycles. The average molecular weight is 221 g/mol. The predicted octanol–water partition coefficient (Wildman–Crippen LogP) is 1.09. The molecule has 0 radical (unpaired) electrons. The van der Waals surface area contributed by atoms with Crippen molar-refractivity contribution in [3.05, 3.63) is 58.5 Å². The topological polar surface area (TPSA) is 12.0 Å². The van der Waals surface area contributed by atoms with Crippen LogP contribution in [0.3, 0.4) is 0 Å². The van der Waals surface area contributed by atoms with E-state index in [2.05, 4.69) is 54.0 Å². The summed E-state index contributed by atoms with van der Waals surface area (Å²) in [5.74, 6) is 1.27. The molecule has 2 atom stereocenters. The third-order valence-corrected chi connectivity index (χ3v) is 4.16. The Kier molecular flexibility index (Phi) is 1.84. The summed E-state index contributed by atoms with van der Waals surface area (Å²) in [6.45, 7) is 1.00. The van der Waals surface area contributed by atoms with Gasteiger partial charge in [-0.2, -0.15) is 0 Å². The number of hydrogen-bond donors (Lipinski definition) is 1. The fraction of sp³-hybridized carbons (Fsp3) is 0.250. The Balaban J connectivity index is 2.08. The minimum Gasteiger partial charge on any atom is -0.387 e.